The number of aromatic nitrogens is 2. The monoisotopic (exact) mass is 426 g/mol. The van der Waals surface area contributed by atoms with Gasteiger partial charge in [0.1, 0.15) is 5.75 Å². The minimum Gasteiger partial charge on any atom is -0.494 e. The van der Waals surface area contributed by atoms with Crippen molar-refractivity contribution in [3.63, 3.8) is 0 Å². The molecule has 8 heteroatoms. The van der Waals surface area contributed by atoms with Gasteiger partial charge in [-0.05, 0) is 56.2 Å². The van der Waals surface area contributed by atoms with E-state index >= 15 is 0 Å². The van der Waals surface area contributed by atoms with Crippen LogP contribution in [-0.4, -0.2) is 31.0 Å². The number of sulfonamides is 1. The third kappa shape index (κ3) is 4.64. The molecule has 0 amide bonds. The van der Waals surface area contributed by atoms with Crippen molar-refractivity contribution >= 4 is 32.7 Å². The summed E-state index contributed by atoms with van der Waals surface area (Å²) in [5, 5.41) is 3.42. The molecule has 0 aliphatic heterocycles. The van der Waals surface area contributed by atoms with Crippen LogP contribution < -0.4 is 14.8 Å². The summed E-state index contributed by atoms with van der Waals surface area (Å²) in [6.45, 7) is 2.40. The van der Waals surface area contributed by atoms with Gasteiger partial charge < -0.3 is 10.1 Å². The molecule has 1 aliphatic rings. The average Bonchev–Trinajstić information content (AvgIpc) is 2.75. The lowest BCUT2D eigenvalue weighted by atomic mass is 9.95. The molecule has 0 radical (unpaired) electrons. The second-order valence-corrected chi connectivity index (χ2v) is 9.08. The van der Waals surface area contributed by atoms with E-state index in [-0.39, 0.29) is 16.8 Å². The molecule has 2 N–H and O–H groups in total. The molecule has 3 aromatic rings. The SMILES string of the molecule is CCOc1ccc(S(=O)(=O)Nc2nc3ccccc3nc2NC2CCCCC2)cc1. The standard InChI is InChI=1S/C22H26N4O3S/c1-2-29-17-12-14-18(15-13-17)30(27,28)26-22-21(23-16-8-4-3-5-9-16)24-19-10-6-7-11-20(19)25-22/h6-7,10-16H,2-5,8-9H2,1H3,(H,23,24)(H,25,26). The number of anilines is 2. The molecule has 1 aromatic heterocycles. The Morgan fingerprint density at radius 3 is 2.20 bits per heavy atom. The lowest BCUT2D eigenvalue weighted by molar-refractivity contribution is 0.340. The van der Waals surface area contributed by atoms with Gasteiger partial charge in [-0.2, -0.15) is 0 Å². The van der Waals surface area contributed by atoms with E-state index in [0.717, 1.165) is 31.2 Å². The molecule has 2 aromatic carbocycles. The van der Waals surface area contributed by atoms with Crippen molar-refractivity contribution in [1.29, 1.82) is 0 Å². The first kappa shape index (κ1) is 20.4. The number of fused-ring (bicyclic) bond motifs is 1. The van der Waals surface area contributed by atoms with Gasteiger partial charge in [0, 0.05) is 6.04 Å². The van der Waals surface area contributed by atoms with Gasteiger partial charge in [0.25, 0.3) is 10.0 Å². The van der Waals surface area contributed by atoms with Gasteiger partial charge in [0.2, 0.25) is 0 Å². The second-order valence-electron chi connectivity index (χ2n) is 7.40. The van der Waals surface area contributed by atoms with Crippen LogP contribution in [0.15, 0.2) is 53.4 Å². The summed E-state index contributed by atoms with van der Waals surface area (Å²) in [6, 6.07) is 14.0. The Hall–Kier alpha value is -2.87. The van der Waals surface area contributed by atoms with Crippen molar-refractivity contribution in [1.82, 2.24) is 9.97 Å². The van der Waals surface area contributed by atoms with E-state index in [4.69, 9.17) is 4.74 Å². The number of hydrogen-bond donors (Lipinski definition) is 2. The molecule has 4 rings (SSSR count). The largest absolute Gasteiger partial charge is 0.494 e. The predicted octanol–water partition coefficient (Wildman–Crippen LogP) is 4.57. The van der Waals surface area contributed by atoms with Crippen LogP contribution in [0, 0.1) is 0 Å². The van der Waals surface area contributed by atoms with Gasteiger partial charge in [0.15, 0.2) is 11.6 Å². The Bertz CT molecular complexity index is 1110. The smallest absolute Gasteiger partial charge is 0.263 e. The summed E-state index contributed by atoms with van der Waals surface area (Å²) < 4.78 is 34.0. The zero-order chi connectivity index (χ0) is 21.0. The molecule has 7 nitrogen and oxygen atoms in total. The molecule has 1 heterocycles. The normalized spacial score (nSPS) is 15.1. The Morgan fingerprint density at radius 2 is 1.57 bits per heavy atom. The Balaban J connectivity index is 1.66. The Morgan fingerprint density at radius 1 is 0.933 bits per heavy atom. The molecule has 1 saturated carbocycles. The molecule has 1 fully saturated rings. The molecule has 30 heavy (non-hydrogen) atoms. The fraction of sp³-hybridized carbons (Fsp3) is 0.364. The van der Waals surface area contributed by atoms with Gasteiger partial charge in [-0.3, -0.25) is 4.72 Å². The highest BCUT2D eigenvalue weighted by Gasteiger charge is 2.21. The molecule has 158 valence electrons. The van der Waals surface area contributed by atoms with Gasteiger partial charge in [-0.1, -0.05) is 31.4 Å². The maximum atomic E-state index is 13.0. The third-order valence-electron chi connectivity index (χ3n) is 5.19. The predicted molar refractivity (Wildman–Crippen MR) is 118 cm³/mol. The van der Waals surface area contributed by atoms with Crippen LogP contribution in [-0.2, 0) is 10.0 Å². The number of para-hydroxylation sites is 2. The van der Waals surface area contributed by atoms with E-state index in [9.17, 15) is 8.42 Å². The van der Waals surface area contributed by atoms with Crippen LogP contribution in [0.1, 0.15) is 39.0 Å². The van der Waals surface area contributed by atoms with Gasteiger partial charge in [0.05, 0.1) is 22.5 Å². The van der Waals surface area contributed by atoms with Crippen molar-refractivity contribution < 1.29 is 13.2 Å². The average molecular weight is 427 g/mol. The first-order valence-corrected chi connectivity index (χ1v) is 11.8. The topological polar surface area (TPSA) is 93.2 Å². The van der Waals surface area contributed by atoms with E-state index in [1.54, 1.807) is 12.1 Å². The van der Waals surface area contributed by atoms with Crippen LogP contribution in [0.2, 0.25) is 0 Å². The van der Waals surface area contributed by atoms with E-state index in [0.29, 0.717) is 23.7 Å². The summed E-state index contributed by atoms with van der Waals surface area (Å²) in [7, 11) is -3.83. The third-order valence-corrected chi connectivity index (χ3v) is 6.55. The quantitative estimate of drug-likeness (QED) is 0.575. The van der Waals surface area contributed by atoms with Crippen LogP contribution >= 0.6 is 0 Å². The van der Waals surface area contributed by atoms with Crippen molar-refractivity contribution in [2.45, 2.75) is 50.0 Å². The molecule has 0 atom stereocenters. The summed E-state index contributed by atoms with van der Waals surface area (Å²) in [4.78, 5) is 9.37. The molecule has 1 aliphatic carbocycles. The Labute approximate surface area is 176 Å². The second kappa shape index (κ2) is 8.87. The Kier molecular flexibility index (Phi) is 6.03. The van der Waals surface area contributed by atoms with E-state index < -0.39 is 10.0 Å². The summed E-state index contributed by atoms with van der Waals surface area (Å²) >= 11 is 0. The molecular weight excluding hydrogens is 400 g/mol. The fourth-order valence-electron chi connectivity index (χ4n) is 3.68. The highest BCUT2D eigenvalue weighted by atomic mass is 32.2. The van der Waals surface area contributed by atoms with Crippen molar-refractivity contribution in [3.05, 3.63) is 48.5 Å². The van der Waals surface area contributed by atoms with Gasteiger partial charge in [-0.15, -0.1) is 0 Å². The number of rotatable bonds is 7. The first-order chi connectivity index (χ1) is 14.5. The maximum Gasteiger partial charge on any atom is 0.263 e. The number of nitrogens with zero attached hydrogens (tertiary/aromatic N) is 2. The number of benzene rings is 2. The van der Waals surface area contributed by atoms with Crippen molar-refractivity contribution in [2.75, 3.05) is 16.6 Å². The van der Waals surface area contributed by atoms with E-state index in [1.165, 1.54) is 18.6 Å². The highest BCUT2D eigenvalue weighted by Crippen LogP contribution is 2.28. The lowest BCUT2D eigenvalue weighted by Crippen LogP contribution is -2.25. The van der Waals surface area contributed by atoms with Crippen LogP contribution in [0.25, 0.3) is 11.0 Å². The van der Waals surface area contributed by atoms with Crippen molar-refractivity contribution in [2.24, 2.45) is 0 Å². The molecule has 0 unspecified atom stereocenters. The molecular formula is C22H26N4O3S. The van der Waals surface area contributed by atoms with Crippen LogP contribution in [0.3, 0.4) is 0 Å². The zero-order valence-corrected chi connectivity index (χ0v) is 17.8. The summed E-state index contributed by atoms with van der Waals surface area (Å²) in [5.41, 5.74) is 1.36. The number of nitrogens with one attached hydrogen (secondary N) is 2. The maximum absolute atomic E-state index is 13.0. The van der Waals surface area contributed by atoms with Crippen molar-refractivity contribution in [3.8, 4) is 5.75 Å². The van der Waals surface area contributed by atoms with Gasteiger partial charge in [-0.25, -0.2) is 18.4 Å². The lowest BCUT2D eigenvalue weighted by Gasteiger charge is -2.24. The molecule has 0 bridgehead atoms. The minimum atomic E-state index is -3.83. The summed E-state index contributed by atoms with van der Waals surface area (Å²) in [6.07, 6.45) is 5.63. The van der Waals surface area contributed by atoms with E-state index in [2.05, 4.69) is 20.0 Å². The minimum absolute atomic E-state index is 0.143. The first-order valence-electron chi connectivity index (χ1n) is 10.3. The summed E-state index contributed by atoms with van der Waals surface area (Å²) in [5.74, 6) is 1.31. The molecule has 0 spiro atoms. The molecule has 0 saturated heterocycles. The number of ether oxygens (including phenoxy) is 1. The van der Waals surface area contributed by atoms with Gasteiger partial charge >= 0.3 is 0 Å². The van der Waals surface area contributed by atoms with E-state index in [1.807, 2.05) is 31.2 Å². The zero-order valence-electron chi connectivity index (χ0n) is 17.0. The highest BCUT2D eigenvalue weighted by molar-refractivity contribution is 7.92. The fourth-order valence-corrected chi connectivity index (χ4v) is 4.69. The number of hydrogen-bond acceptors (Lipinski definition) is 6. The van der Waals surface area contributed by atoms with Crippen LogP contribution in [0.5, 0.6) is 5.75 Å². The van der Waals surface area contributed by atoms with Crippen LogP contribution in [0.4, 0.5) is 11.6 Å².